The first-order chi connectivity index (χ1) is 9.68. The Morgan fingerprint density at radius 2 is 1.50 bits per heavy atom. The van der Waals surface area contributed by atoms with Crippen LogP contribution < -0.4 is 0 Å². The number of fused-ring (bicyclic) bond motifs is 1. The number of hydrogen-bond donors (Lipinski definition) is 0. The summed E-state index contributed by atoms with van der Waals surface area (Å²) in [5, 5.41) is 0. The molecule has 2 aromatic carbocycles. The highest BCUT2D eigenvalue weighted by Gasteiger charge is 2.30. The van der Waals surface area contributed by atoms with Gasteiger partial charge >= 0.3 is 5.97 Å². The van der Waals surface area contributed by atoms with Crippen LogP contribution in [0.25, 0.3) is 11.3 Å². The number of carbonyl (C=O) groups is 2. The van der Waals surface area contributed by atoms with Crippen molar-refractivity contribution in [1.29, 1.82) is 0 Å². The van der Waals surface area contributed by atoms with Crippen LogP contribution in [0.2, 0.25) is 0 Å². The summed E-state index contributed by atoms with van der Waals surface area (Å²) in [5.41, 5.74) is 2.35. The van der Waals surface area contributed by atoms with Gasteiger partial charge in [0.2, 0.25) is 0 Å². The number of allylic oxidation sites excluding steroid dienone is 1. The molecular formula is C17H12O3. The first kappa shape index (κ1) is 12.4. The minimum Gasteiger partial charge on any atom is -0.421 e. The zero-order valence-electron chi connectivity index (χ0n) is 10.9. The summed E-state index contributed by atoms with van der Waals surface area (Å²) in [4.78, 5) is 23.9. The molecule has 0 unspecified atom stereocenters. The summed E-state index contributed by atoms with van der Waals surface area (Å²) in [7, 11) is 0. The molecule has 1 aliphatic rings. The van der Waals surface area contributed by atoms with E-state index in [0.29, 0.717) is 22.5 Å². The van der Waals surface area contributed by atoms with Gasteiger partial charge in [0.25, 0.3) is 0 Å². The Labute approximate surface area is 116 Å². The van der Waals surface area contributed by atoms with Crippen molar-refractivity contribution in [3.8, 4) is 0 Å². The highest BCUT2D eigenvalue weighted by Crippen LogP contribution is 2.35. The number of ether oxygens (including phenoxy) is 1. The van der Waals surface area contributed by atoms with Crippen molar-refractivity contribution in [1.82, 2.24) is 0 Å². The second-order valence-electron chi connectivity index (χ2n) is 4.56. The summed E-state index contributed by atoms with van der Waals surface area (Å²) in [6, 6.07) is 16.3. The lowest BCUT2D eigenvalue weighted by Gasteiger charge is -2.08. The van der Waals surface area contributed by atoms with E-state index in [1.807, 2.05) is 36.4 Å². The van der Waals surface area contributed by atoms with Gasteiger partial charge in [-0.05, 0) is 18.6 Å². The fraction of sp³-hybridized carbons (Fsp3) is 0.0588. The molecule has 2 aromatic rings. The summed E-state index contributed by atoms with van der Waals surface area (Å²) >= 11 is 0. The summed E-state index contributed by atoms with van der Waals surface area (Å²) < 4.78 is 5.33. The largest absolute Gasteiger partial charge is 0.421 e. The molecule has 3 nitrogen and oxygen atoms in total. The number of benzene rings is 2. The number of Topliss-reactive ketones (excluding diaryl/α,β-unsaturated/α-hetero) is 1. The highest BCUT2D eigenvalue weighted by molar-refractivity contribution is 6.28. The lowest BCUT2D eigenvalue weighted by Crippen LogP contribution is -2.01. The Bertz CT molecular complexity index is 727. The molecule has 0 fully saturated rings. The van der Waals surface area contributed by atoms with Crippen molar-refractivity contribution in [2.24, 2.45) is 0 Å². The Balaban J connectivity index is 2.27. The van der Waals surface area contributed by atoms with Gasteiger partial charge in [-0.1, -0.05) is 48.5 Å². The van der Waals surface area contributed by atoms with Crippen LogP contribution in [0.1, 0.15) is 28.4 Å². The van der Waals surface area contributed by atoms with Crippen LogP contribution in [0.15, 0.2) is 54.6 Å². The third-order valence-corrected chi connectivity index (χ3v) is 3.23. The van der Waals surface area contributed by atoms with E-state index in [9.17, 15) is 9.59 Å². The molecule has 1 heterocycles. The van der Waals surface area contributed by atoms with E-state index in [4.69, 9.17) is 4.74 Å². The average molecular weight is 264 g/mol. The lowest BCUT2D eigenvalue weighted by molar-refractivity contribution is -0.111. The molecule has 20 heavy (non-hydrogen) atoms. The molecule has 0 aromatic heterocycles. The van der Waals surface area contributed by atoms with Crippen LogP contribution in [0.3, 0.4) is 0 Å². The fourth-order valence-electron chi connectivity index (χ4n) is 2.35. The van der Waals surface area contributed by atoms with Crippen LogP contribution in [-0.2, 0) is 9.53 Å². The highest BCUT2D eigenvalue weighted by atomic mass is 16.5. The molecule has 0 spiro atoms. The average Bonchev–Trinajstić information content (AvgIpc) is 2.78. The summed E-state index contributed by atoms with van der Waals surface area (Å²) in [5.74, 6) is -0.190. The SMILES string of the molecule is CC(=O)/C(=C1/OC(=O)c2ccccc21)c1ccccc1. The second kappa shape index (κ2) is 4.78. The Kier molecular flexibility index (Phi) is 2.95. The molecule has 0 bridgehead atoms. The van der Waals surface area contributed by atoms with Crippen LogP contribution in [-0.4, -0.2) is 11.8 Å². The number of hydrogen-bond acceptors (Lipinski definition) is 3. The molecule has 0 N–H and O–H groups in total. The fourth-order valence-corrected chi connectivity index (χ4v) is 2.35. The van der Waals surface area contributed by atoms with Gasteiger partial charge in [0.05, 0.1) is 11.1 Å². The second-order valence-corrected chi connectivity index (χ2v) is 4.56. The standard InChI is InChI=1S/C17H12O3/c1-11(18)15(12-7-3-2-4-8-12)16-13-9-5-6-10-14(13)17(19)20-16/h2-10H,1H3/b16-15-. The Morgan fingerprint density at radius 3 is 2.15 bits per heavy atom. The Hall–Kier alpha value is -2.68. The van der Waals surface area contributed by atoms with E-state index in [2.05, 4.69) is 0 Å². The number of carbonyl (C=O) groups excluding carboxylic acids is 2. The van der Waals surface area contributed by atoms with Crippen LogP contribution in [0, 0.1) is 0 Å². The number of esters is 1. The monoisotopic (exact) mass is 264 g/mol. The van der Waals surface area contributed by atoms with Crippen LogP contribution >= 0.6 is 0 Å². The molecule has 98 valence electrons. The van der Waals surface area contributed by atoms with Crippen LogP contribution in [0.5, 0.6) is 0 Å². The molecule has 0 aliphatic carbocycles. The number of cyclic esters (lactones) is 1. The molecule has 1 aliphatic heterocycles. The smallest absolute Gasteiger partial charge is 0.344 e. The van der Waals surface area contributed by atoms with Gasteiger partial charge in [0.1, 0.15) is 0 Å². The lowest BCUT2D eigenvalue weighted by atomic mass is 9.97. The molecule has 3 heteroatoms. The van der Waals surface area contributed by atoms with Gasteiger partial charge in [-0.2, -0.15) is 0 Å². The predicted octanol–water partition coefficient (Wildman–Crippen LogP) is 3.31. The maximum absolute atomic E-state index is 12.0. The van der Waals surface area contributed by atoms with Crippen molar-refractivity contribution in [3.63, 3.8) is 0 Å². The summed E-state index contributed by atoms with van der Waals surface area (Å²) in [6.07, 6.45) is 0. The molecule has 0 saturated carbocycles. The third-order valence-electron chi connectivity index (χ3n) is 3.23. The topological polar surface area (TPSA) is 43.4 Å². The quantitative estimate of drug-likeness (QED) is 0.617. The minimum absolute atomic E-state index is 0.129. The maximum atomic E-state index is 12.0. The van der Waals surface area contributed by atoms with Gasteiger partial charge in [-0.25, -0.2) is 4.79 Å². The van der Waals surface area contributed by atoms with E-state index in [1.54, 1.807) is 18.2 Å². The van der Waals surface area contributed by atoms with Crippen molar-refractivity contribution >= 4 is 23.1 Å². The molecule has 0 amide bonds. The first-order valence-corrected chi connectivity index (χ1v) is 6.30. The zero-order chi connectivity index (χ0) is 14.1. The third kappa shape index (κ3) is 1.93. The maximum Gasteiger partial charge on any atom is 0.344 e. The van der Waals surface area contributed by atoms with E-state index in [0.717, 1.165) is 5.56 Å². The normalized spacial score (nSPS) is 15.6. The molecule has 3 rings (SSSR count). The first-order valence-electron chi connectivity index (χ1n) is 6.30. The van der Waals surface area contributed by atoms with Gasteiger partial charge in [-0.15, -0.1) is 0 Å². The minimum atomic E-state index is -0.412. The number of ketones is 1. The zero-order valence-corrected chi connectivity index (χ0v) is 10.9. The van der Waals surface area contributed by atoms with Gasteiger partial charge in [-0.3, -0.25) is 4.79 Å². The van der Waals surface area contributed by atoms with E-state index >= 15 is 0 Å². The van der Waals surface area contributed by atoms with Crippen molar-refractivity contribution in [2.75, 3.05) is 0 Å². The van der Waals surface area contributed by atoms with Gasteiger partial charge < -0.3 is 4.74 Å². The molecule has 0 atom stereocenters. The molecule has 0 saturated heterocycles. The van der Waals surface area contributed by atoms with Crippen molar-refractivity contribution in [2.45, 2.75) is 6.92 Å². The van der Waals surface area contributed by atoms with E-state index < -0.39 is 5.97 Å². The van der Waals surface area contributed by atoms with Gasteiger partial charge in [0.15, 0.2) is 11.5 Å². The van der Waals surface area contributed by atoms with E-state index in [-0.39, 0.29) is 5.78 Å². The number of rotatable bonds is 2. The van der Waals surface area contributed by atoms with Crippen molar-refractivity contribution < 1.29 is 14.3 Å². The predicted molar refractivity (Wildman–Crippen MR) is 75.8 cm³/mol. The molecular weight excluding hydrogens is 252 g/mol. The van der Waals surface area contributed by atoms with Gasteiger partial charge in [0, 0.05) is 5.56 Å². The molecule has 0 radical (unpaired) electrons. The van der Waals surface area contributed by atoms with Crippen molar-refractivity contribution in [3.05, 3.63) is 71.3 Å². The van der Waals surface area contributed by atoms with E-state index in [1.165, 1.54) is 6.92 Å². The Morgan fingerprint density at radius 1 is 0.900 bits per heavy atom. The van der Waals surface area contributed by atoms with Crippen LogP contribution in [0.4, 0.5) is 0 Å². The summed E-state index contributed by atoms with van der Waals surface area (Å²) in [6.45, 7) is 1.48.